The molecule has 2 unspecified atom stereocenters. The van der Waals surface area contributed by atoms with Crippen LogP contribution in [0, 0.1) is 5.92 Å². The molecule has 0 aliphatic heterocycles. The first-order valence-corrected chi connectivity index (χ1v) is 10.8. The van der Waals surface area contributed by atoms with E-state index in [9.17, 15) is 18.0 Å². The molecule has 8 nitrogen and oxygen atoms in total. The number of nitrogens with zero attached hydrogens (tertiary/aromatic N) is 1. The van der Waals surface area contributed by atoms with Gasteiger partial charge >= 0.3 is 0 Å². The van der Waals surface area contributed by atoms with Crippen molar-refractivity contribution < 1.29 is 22.4 Å². The zero-order valence-corrected chi connectivity index (χ0v) is 17.5. The maximum absolute atomic E-state index is 12.2. The van der Waals surface area contributed by atoms with E-state index in [0.717, 1.165) is 22.2 Å². The molecule has 1 aromatic carbocycles. The van der Waals surface area contributed by atoms with Gasteiger partial charge in [-0.3, -0.25) is 20.4 Å². The minimum absolute atomic E-state index is 0.0000751. The van der Waals surface area contributed by atoms with Gasteiger partial charge in [0.2, 0.25) is 15.9 Å². The highest BCUT2D eigenvalue weighted by atomic mass is 32.2. The average molecular weight is 420 g/mol. The molecule has 156 valence electrons. The number of nitrogens with one attached hydrogen (secondary N) is 2. The molecule has 1 aliphatic carbocycles. The third-order valence-electron chi connectivity index (χ3n) is 4.95. The Bertz CT molecular complexity index is 1010. The highest BCUT2D eigenvalue weighted by Crippen LogP contribution is 2.47. The summed E-state index contributed by atoms with van der Waals surface area (Å²) in [4.78, 5) is 24.2. The highest BCUT2D eigenvalue weighted by molar-refractivity contribution is 7.89. The molecule has 2 atom stereocenters. The van der Waals surface area contributed by atoms with Crippen LogP contribution in [-0.4, -0.2) is 38.6 Å². The summed E-state index contributed by atoms with van der Waals surface area (Å²) in [5.74, 6) is 1.88. The van der Waals surface area contributed by atoms with Crippen molar-refractivity contribution in [3.05, 3.63) is 53.5 Å². The van der Waals surface area contributed by atoms with E-state index in [1.165, 1.54) is 38.4 Å². The largest absolute Gasteiger partial charge is 0.466 e. The van der Waals surface area contributed by atoms with Crippen molar-refractivity contribution in [1.29, 1.82) is 0 Å². The Kier molecular flexibility index (Phi) is 6.09. The number of rotatable bonds is 7. The molecule has 1 aliphatic rings. The number of sulfonamides is 1. The summed E-state index contributed by atoms with van der Waals surface area (Å²) in [7, 11) is -0.827. The zero-order valence-electron chi connectivity index (χ0n) is 16.6. The molecule has 1 heterocycles. The quantitative estimate of drug-likeness (QED) is 0.668. The van der Waals surface area contributed by atoms with E-state index >= 15 is 0 Å². The maximum Gasteiger partial charge on any atom is 0.269 e. The van der Waals surface area contributed by atoms with Crippen molar-refractivity contribution in [1.82, 2.24) is 15.2 Å². The molecule has 9 heteroatoms. The monoisotopic (exact) mass is 419 g/mol. The molecule has 29 heavy (non-hydrogen) atoms. The molecule has 1 fully saturated rings. The molecule has 1 aromatic heterocycles. The van der Waals surface area contributed by atoms with Crippen molar-refractivity contribution in [3.63, 3.8) is 0 Å². The standard InChI is InChI=1S/C20H25N3O5S/c1-13-11-17(13)18-9-7-15(28-18)8-10-19(24)21-22-20(25)14-5-4-6-16(12-14)29(26,27)23(2)3/h4-7,9,12-13,17H,8,10-11H2,1-3H3,(H,21,24)(H,22,25). The molecule has 0 radical (unpaired) electrons. The van der Waals surface area contributed by atoms with Crippen LogP contribution in [0.1, 0.15) is 47.6 Å². The van der Waals surface area contributed by atoms with Crippen molar-refractivity contribution >= 4 is 21.8 Å². The molecular formula is C20H25N3O5S. The Morgan fingerprint density at radius 2 is 1.90 bits per heavy atom. The minimum atomic E-state index is -3.65. The molecule has 2 aromatic rings. The van der Waals surface area contributed by atoms with Gasteiger partial charge in [-0.1, -0.05) is 13.0 Å². The smallest absolute Gasteiger partial charge is 0.269 e. The normalized spacial score (nSPS) is 18.5. The van der Waals surface area contributed by atoms with Gasteiger partial charge in [-0.25, -0.2) is 12.7 Å². The lowest BCUT2D eigenvalue weighted by Gasteiger charge is -2.12. The highest BCUT2D eigenvalue weighted by Gasteiger charge is 2.36. The predicted molar refractivity (Wildman–Crippen MR) is 106 cm³/mol. The maximum atomic E-state index is 12.2. The number of benzene rings is 1. The zero-order chi connectivity index (χ0) is 21.2. The van der Waals surface area contributed by atoms with Crippen LogP contribution in [0.15, 0.2) is 45.7 Å². The van der Waals surface area contributed by atoms with Crippen LogP contribution >= 0.6 is 0 Å². The summed E-state index contributed by atoms with van der Waals surface area (Å²) in [6.45, 7) is 2.18. The average Bonchev–Trinajstić information content (AvgIpc) is 3.24. The van der Waals surface area contributed by atoms with Crippen LogP contribution in [0.2, 0.25) is 0 Å². The van der Waals surface area contributed by atoms with Gasteiger partial charge in [-0.05, 0) is 42.7 Å². The predicted octanol–water partition coefficient (Wildman–Crippen LogP) is 2.05. The first-order valence-electron chi connectivity index (χ1n) is 9.39. The van der Waals surface area contributed by atoms with Gasteiger partial charge in [0.05, 0.1) is 4.90 Å². The van der Waals surface area contributed by atoms with Crippen LogP contribution in [0.3, 0.4) is 0 Å². The Morgan fingerprint density at radius 3 is 2.55 bits per heavy atom. The van der Waals surface area contributed by atoms with E-state index in [0.29, 0.717) is 18.3 Å². The number of hydrogen-bond donors (Lipinski definition) is 2. The van der Waals surface area contributed by atoms with Gasteiger partial charge < -0.3 is 4.42 Å². The SMILES string of the molecule is CC1CC1c1ccc(CCC(=O)NNC(=O)c2cccc(S(=O)(=O)N(C)C)c2)o1. The van der Waals surface area contributed by atoms with Crippen molar-refractivity contribution in [2.75, 3.05) is 14.1 Å². The molecule has 0 spiro atoms. The molecule has 0 saturated heterocycles. The summed E-state index contributed by atoms with van der Waals surface area (Å²) in [6, 6.07) is 9.45. The lowest BCUT2D eigenvalue weighted by molar-refractivity contribution is -0.121. The fourth-order valence-corrected chi connectivity index (χ4v) is 3.90. The van der Waals surface area contributed by atoms with E-state index in [1.54, 1.807) is 0 Å². The molecule has 2 N–H and O–H groups in total. The van der Waals surface area contributed by atoms with Gasteiger partial charge in [-0.2, -0.15) is 0 Å². The van der Waals surface area contributed by atoms with Crippen LogP contribution in [0.4, 0.5) is 0 Å². The van der Waals surface area contributed by atoms with Crippen molar-refractivity contribution in [2.45, 2.75) is 37.0 Å². The van der Waals surface area contributed by atoms with E-state index in [2.05, 4.69) is 17.8 Å². The van der Waals surface area contributed by atoms with Gasteiger partial charge in [0.15, 0.2) is 0 Å². The van der Waals surface area contributed by atoms with Gasteiger partial charge in [0, 0.05) is 38.4 Å². The fourth-order valence-electron chi connectivity index (χ4n) is 2.95. The summed E-state index contributed by atoms with van der Waals surface area (Å²) in [5.41, 5.74) is 4.77. The van der Waals surface area contributed by atoms with Crippen molar-refractivity contribution in [3.8, 4) is 0 Å². The second-order valence-corrected chi connectivity index (χ2v) is 9.59. The molecule has 0 bridgehead atoms. The van der Waals surface area contributed by atoms with E-state index in [1.807, 2.05) is 12.1 Å². The number of furan rings is 1. The Morgan fingerprint density at radius 1 is 1.17 bits per heavy atom. The second kappa shape index (κ2) is 8.38. The Labute approximate surface area is 170 Å². The molecule has 2 amide bonds. The third kappa shape index (κ3) is 5.04. The summed E-state index contributed by atoms with van der Waals surface area (Å²) in [6.07, 6.45) is 1.72. The number of carbonyl (C=O) groups is 2. The summed E-state index contributed by atoms with van der Waals surface area (Å²) >= 11 is 0. The lowest BCUT2D eigenvalue weighted by atomic mass is 10.2. The van der Waals surface area contributed by atoms with E-state index in [-0.39, 0.29) is 22.8 Å². The number of carbonyl (C=O) groups excluding carboxylic acids is 2. The Balaban J connectivity index is 1.50. The number of hydrazine groups is 1. The van der Waals surface area contributed by atoms with Crippen LogP contribution < -0.4 is 10.9 Å². The molecular weight excluding hydrogens is 394 g/mol. The summed E-state index contributed by atoms with van der Waals surface area (Å²) in [5, 5.41) is 0. The summed E-state index contributed by atoms with van der Waals surface area (Å²) < 4.78 is 31.2. The number of aryl methyl sites for hydroxylation is 1. The van der Waals surface area contributed by atoms with Gasteiger partial charge in [-0.15, -0.1) is 0 Å². The molecule has 1 saturated carbocycles. The fraction of sp³-hybridized carbons (Fsp3) is 0.400. The number of amides is 2. The first kappa shape index (κ1) is 21.1. The first-order chi connectivity index (χ1) is 13.7. The van der Waals surface area contributed by atoms with Crippen LogP contribution in [-0.2, 0) is 21.2 Å². The van der Waals surface area contributed by atoms with Gasteiger partial charge in [0.25, 0.3) is 5.91 Å². The van der Waals surface area contributed by atoms with Crippen LogP contribution in [0.5, 0.6) is 0 Å². The topological polar surface area (TPSA) is 109 Å². The Hall–Kier alpha value is -2.65. The van der Waals surface area contributed by atoms with E-state index in [4.69, 9.17) is 4.42 Å². The third-order valence-corrected chi connectivity index (χ3v) is 6.76. The minimum Gasteiger partial charge on any atom is -0.466 e. The van der Waals surface area contributed by atoms with Crippen molar-refractivity contribution in [2.24, 2.45) is 5.92 Å². The lowest BCUT2D eigenvalue weighted by Crippen LogP contribution is -2.41. The van der Waals surface area contributed by atoms with Crippen LogP contribution in [0.25, 0.3) is 0 Å². The molecule has 3 rings (SSSR count). The number of hydrogen-bond acceptors (Lipinski definition) is 5. The van der Waals surface area contributed by atoms with Gasteiger partial charge in [0.1, 0.15) is 11.5 Å². The second-order valence-electron chi connectivity index (χ2n) is 7.44. The van der Waals surface area contributed by atoms with E-state index < -0.39 is 15.9 Å².